The summed E-state index contributed by atoms with van der Waals surface area (Å²) in [6.07, 6.45) is 2.05. The number of ether oxygens (including phenoxy) is 2. The number of aromatic nitrogens is 1. The molecule has 0 unspecified atom stereocenters. The third kappa shape index (κ3) is 6.17. The van der Waals surface area contributed by atoms with Gasteiger partial charge in [0.05, 0.1) is 18.2 Å². The first kappa shape index (κ1) is 24.7. The lowest BCUT2D eigenvalue weighted by Gasteiger charge is -2.10. The minimum absolute atomic E-state index is 0.181. The molecule has 0 spiro atoms. The van der Waals surface area contributed by atoms with E-state index < -0.39 is 0 Å². The van der Waals surface area contributed by atoms with Crippen LogP contribution in [0.5, 0.6) is 11.5 Å². The summed E-state index contributed by atoms with van der Waals surface area (Å²) in [5.41, 5.74) is 3.27. The maximum Gasteiger partial charge on any atom is 0.257 e. The van der Waals surface area contributed by atoms with Gasteiger partial charge in [-0.3, -0.25) is 10.1 Å². The summed E-state index contributed by atoms with van der Waals surface area (Å²) in [7, 11) is 1.61. The van der Waals surface area contributed by atoms with Crippen LogP contribution in [-0.2, 0) is 0 Å². The van der Waals surface area contributed by atoms with Crippen molar-refractivity contribution in [2.75, 3.05) is 19.0 Å². The smallest absolute Gasteiger partial charge is 0.257 e. The zero-order chi connectivity index (χ0) is 24.8. The molecule has 35 heavy (non-hydrogen) atoms. The highest BCUT2D eigenvalue weighted by molar-refractivity contribution is 9.10. The molecule has 0 aliphatic carbocycles. The summed E-state index contributed by atoms with van der Waals surface area (Å²) in [5.74, 6) is 1.64. The number of methoxy groups -OCH3 is 1. The van der Waals surface area contributed by atoms with Crippen LogP contribution in [0.3, 0.4) is 0 Å². The number of halogens is 1. The molecule has 7 nitrogen and oxygen atoms in total. The molecule has 1 heterocycles. The van der Waals surface area contributed by atoms with Crippen LogP contribution < -0.4 is 20.1 Å². The molecular formula is C26H24BrN3O4S. The molecule has 0 saturated heterocycles. The first-order valence-electron chi connectivity index (χ1n) is 11.1. The van der Waals surface area contributed by atoms with E-state index in [9.17, 15) is 4.79 Å². The van der Waals surface area contributed by atoms with Crippen molar-refractivity contribution in [3.8, 4) is 23.0 Å². The molecule has 1 aromatic heterocycles. The second-order valence-electron chi connectivity index (χ2n) is 7.69. The number of unbranched alkanes of at least 4 members (excludes halogenated alkanes) is 1. The van der Waals surface area contributed by atoms with Crippen molar-refractivity contribution in [2.24, 2.45) is 0 Å². The van der Waals surface area contributed by atoms with Crippen molar-refractivity contribution in [3.63, 3.8) is 0 Å². The summed E-state index contributed by atoms with van der Waals surface area (Å²) >= 11 is 8.80. The van der Waals surface area contributed by atoms with Crippen LogP contribution in [0.1, 0.15) is 30.1 Å². The van der Waals surface area contributed by atoms with Crippen LogP contribution in [0, 0.1) is 0 Å². The lowest BCUT2D eigenvalue weighted by Crippen LogP contribution is -2.34. The van der Waals surface area contributed by atoms with Gasteiger partial charge in [-0.05, 0) is 95.2 Å². The SMILES string of the molecule is CCCCOc1ccc(C(=O)NC(=S)Nc2ccc3oc(-c4ccc(OC)c(Br)c4)nc3c2)cc1. The molecule has 2 N–H and O–H groups in total. The Bertz CT molecular complexity index is 1350. The van der Waals surface area contributed by atoms with Crippen LogP contribution in [0.2, 0.25) is 0 Å². The molecule has 0 atom stereocenters. The maximum absolute atomic E-state index is 12.5. The second-order valence-corrected chi connectivity index (χ2v) is 8.95. The third-order valence-corrected chi connectivity index (χ3v) is 5.98. The van der Waals surface area contributed by atoms with E-state index in [-0.39, 0.29) is 11.0 Å². The fourth-order valence-electron chi connectivity index (χ4n) is 3.30. The van der Waals surface area contributed by atoms with E-state index >= 15 is 0 Å². The molecule has 0 saturated carbocycles. The largest absolute Gasteiger partial charge is 0.496 e. The Hall–Kier alpha value is -3.43. The van der Waals surface area contributed by atoms with Crippen LogP contribution in [0.15, 0.2) is 69.6 Å². The van der Waals surface area contributed by atoms with E-state index in [1.54, 1.807) is 37.4 Å². The van der Waals surface area contributed by atoms with Gasteiger partial charge in [0.25, 0.3) is 5.91 Å². The van der Waals surface area contributed by atoms with Gasteiger partial charge in [-0.1, -0.05) is 13.3 Å². The predicted molar refractivity (Wildman–Crippen MR) is 144 cm³/mol. The van der Waals surface area contributed by atoms with Crippen molar-refractivity contribution in [1.82, 2.24) is 10.3 Å². The summed E-state index contributed by atoms with van der Waals surface area (Å²) in [5, 5.41) is 5.90. The number of rotatable bonds is 8. The fourth-order valence-corrected chi connectivity index (χ4v) is 4.05. The standard InChI is InChI=1S/C26H24BrN3O4S/c1-3-4-13-33-19-9-5-16(6-10-19)24(31)30-26(35)28-18-8-12-23-21(15-18)29-25(34-23)17-7-11-22(32-2)20(27)14-17/h5-12,14-15H,3-4,13H2,1-2H3,(H2,28,30,31,35). The van der Waals surface area contributed by atoms with Gasteiger partial charge in [-0.15, -0.1) is 0 Å². The first-order valence-corrected chi connectivity index (χ1v) is 12.3. The fraction of sp³-hybridized carbons (Fsp3) is 0.192. The van der Waals surface area contributed by atoms with Gasteiger partial charge in [0, 0.05) is 16.8 Å². The molecule has 9 heteroatoms. The molecule has 3 aromatic carbocycles. The Morgan fingerprint density at radius 1 is 1.11 bits per heavy atom. The van der Waals surface area contributed by atoms with Crippen LogP contribution in [0.4, 0.5) is 5.69 Å². The number of hydrogen-bond donors (Lipinski definition) is 2. The molecule has 180 valence electrons. The number of amides is 1. The third-order valence-electron chi connectivity index (χ3n) is 5.15. The highest BCUT2D eigenvalue weighted by atomic mass is 79.9. The molecule has 0 aliphatic heterocycles. The second kappa shape index (κ2) is 11.3. The Balaban J connectivity index is 1.39. The Morgan fingerprint density at radius 3 is 2.63 bits per heavy atom. The lowest BCUT2D eigenvalue weighted by molar-refractivity contribution is 0.0977. The molecule has 1 amide bonds. The number of carbonyl (C=O) groups is 1. The van der Waals surface area contributed by atoms with Gasteiger partial charge in [-0.25, -0.2) is 4.98 Å². The number of carbonyl (C=O) groups excluding carboxylic acids is 1. The van der Waals surface area contributed by atoms with Gasteiger partial charge in [0.15, 0.2) is 10.7 Å². The van der Waals surface area contributed by atoms with Crippen molar-refractivity contribution in [3.05, 3.63) is 70.7 Å². The van der Waals surface area contributed by atoms with Gasteiger partial charge >= 0.3 is 0 Å². The topological polar surface area (TPSA) is 85.6 Å². The minimum Gasteiger partial charge on any atom is -0.496 e. The summed E-state index contributed by atoms with van der Waals surface area (Å²) in [6, 6.07) is 18.0. The van der Waals surface area contributed by atoms with Crippen molar-refractivity contribution in [2.45, 2.75) is 19.8 Å². The van der Waals surface area contributed by atoms with Crippen LogP contribution >= 0.6 is 28.1 Å². The Labute approximate surface area is 217 Å². The highest BCUT2D eigenvalue weighted by Gasteiger charge is 2.13. The van der Waals surface area contributed by atoms with E-state index in [0.717, 1.165) is 34.4 Å². The Kier molecular flexibility index (Phi) is 7.99. The minimum atomic E-state index is -0.308. The summed E-state index contributed by atoms with van der Waals surface area (Å²) < 4.78 is 17.6. The van der Waals surface area contributed by atoms with Crippen LogP contribution in [-0.4, -0.2) is 29.7 Å². The zero-order valence-electron chi connectivity index (χ0n) is 19.3. The van der Waals surface area contributed by atoms with Gasteiger partial charge in [-0.2, -0.15) is 0 Å². The van der Waals surface area contributed by atoms with E-state index in [2.05, 4.69) is 38.5 Å². The highest BCUT2D eigenvalue weighted by Crippen LogP contribution is 2.32. The quantitative estimate of drug-likeness (QED) is 0.188. The average molecular weight is 554 g/mol. The van der Waals surface area contributed by atoms with E-state index in [4.69, 9.17) is 26.1 Å². The van der Waals surface area contributed by atoms with Crippen molar-refractivity contribution < 1.29 is 18.7 Å². The van der Waals surface area contributed by atoms with Gasteiger partial charge in [0.1, 0.15) is 17.0 Å². The molecule has 0 fully saturated rings. The number of thiocarbonyl (C=S) groups is 1. The normalized spacial score (nSPS) is 10.7. The summed E-state index contributed by atoms with van der Waals surface area (Å²) in [6.45, 7) is 2.77. The molecule has 0 radical (unpaired) electrons. The number of nitrogens with zero attached hydrogens (tertiary/aromatic N) is 1. The van der Waals surface area contributed by atoms with Crippen molar-refractivity contribution in [1.29, 1.82) is 0 Å². The van der Waals surface area contributed by atoms with E-state index in [1.807, 2.05) is 30.3 Å². The first-order chi connectivity index (χ1) is 17.0. The van der Waals surface area contributed by atoms with E-state index in [0.29, 0.717) is 34.8 Å². The summed E-state index contributed by atoms with van der Waals surface area (Å²) in [4.78, 5) is 17.1. The number of oxazole rings is 1. The maximum atomic E-state index is 12.5. The molecule has 0 bridgehead atoms. The van der Waals surface area contributed by atoms with Gasteiger partial charge in [0.2, 0.25) is 5.89 Å². The van der Waals surface area contributed by atoms with Crippen molar-refractivity contribution >= 4 is 56.0 Å². The van der Waals surface area contributed by atoms with Gasteiger partial charge < -0.3 is 19.2 Å². The number of anilines is 1. The zero-order valence-corrected chi connectivity index (χ0v) is 21.7. The predicted octanol–water partition coefficient (Wildman–Crippen LogP) is 6.57. The lowest BCUT2D eigenvalue weighted by atomic mass is 10.2. The number of nitrogens with one attached hydrogen (secondary N) is 2. The average Bonchev–Trinajstić information content (AvgIpc) is 3.28. The number of benzene rings is 3. The monoisotopic (exact) mass is 553 g/mol. The number of fused-ring (bicyclic) bond motifs is 1. The molecular weight excluding hydrogens is 530 g/mol. The molecule has 4 rings (SSSR count). The number of hydrogen-bond acceptors (Lipinski definition) is 6. The Morgan fingerprint density at radius 2 is 1.91 bits per heavy atom. The van der Waals surface area contributed by atoms with Crippen LogP contribution in [0.25, 0.3) is 22.6 Å². The molecule has 4 aromatic rings. The van der Waals surface area contributed by atoms with E-state index in [1.165, 1.54) is 0 Å². The molecule has 0 aliphatic rings.